The highest BCUT2D eigenvalue weighted by molar-refractivity contribution is 7.17. The summed E-state index contributed by atoms with van der Waals surface area (Å²) >= 11 is 1.24. The van der Waals surface area contributed by atoms with E-state index >= 15 is 0 Å². The van der Waals surface area contributed by atoms with E-state index in [0.717, 1.165) is 40.1 Å². The molecule has 6 rings (SSSR count). The molecule has 1 N–H and O–H groups in total. The van der Waals surface area contributed by atoms with Crippen molar-refractivity contribution in [2.45, 2.75) is 52.1 Å². The number of imide groups is 1. The summed E-state index contributed by atoms with van der Waals surface area (Å²) in [5.74, 6) is -3.05. The van der Waals surface area contributed by atoms with Gasteiger partial charge in [0.2, 0.25) is 17.7 Å². The summed E-state index contributed by atoms with van der Waals surface area (Å²) in [5, 5.41) is 3.36. The van der Waals surface area contributed by atoms with Crippen molar-refractivity contribution in [3.8, 4) is 0 Å². The molecule has 35 heavy (non-hydrogen) atoms. The predicted octanol–water partition coefficient (Wildman–Crippen LogP) is 3.20. The maximum atomic E-state index is 14.3. The normalized spacial score (nSPS) is 29.1. The molecule has 182 valence electrons. The van der Waals surface area contributed by atoms with Gasteiger partial charge < -0.3 is 10.1 Å². The molecule has 4 aliphatic heterocycles. The molecule has 4 atom stereocenters. The summed E-state index contributed by atoms with van der Waals surface area (Å²) in [6.07, 6.45) is 1.60. The number of hydrogen-bond donors (Lipinski definition) is 1. The standard InChI is InChI=1S/C26H27N3O5S/c1-11-9-12(2)20-15(10-11)26(25(33)27-20)19-18(16-7-6-8-28(16)26)21(30)29(22(19)31)23-17(24(32)34-5)13(3)14(4)35-23/h9-10,16,18-19H,6-8H2,1-5H3,(H,27,33)/t16-,18+,19-,26-/m0/s1. The smallest absolute Gasteiger partial charge is 0.341 e. The molecule has 9 heteroatoms. The lowest BCUT2D eigenvalue weighted by molar-refractivity contribution is -0.135. The number of esters is 1. The van der Waals surface area contributed by atoms with E-state index in [1.165, 1.54) is 23.3 Å². The lowest BCUT2D eigenvalue weighted by Crippen LogP contribution is -2.54. The number of rotatable bonds is 2. The number of methoxy groups -OCH3 is 1. The molecule has 1 spiro atoms. The SMILES string of the molecule is COC(=O)c1c(N2C(=O)[C@H]3[C@@H](C2=O)[C@@]2(C(=O)Nc4c(C)cc(C)cc42)N2CCC[C@@H]32)sc(C)c1C. The Morgan fingerprint density at radius 3 is 2.60 bits per heavy atom. The third-order valence-corrected chi connectivity index (χ3v) is 9.59. The third kappa shape index (κ3) is 2.55. The highest BCUT2D eigenvalue weighted by atomic mass is 32.1. The van der Waals surface area contributed by atoms with Gasteiger partial charge in [-0.2, -0.15) is 0 Å². The number of nitrogens with zero attached hydrogens (tertiary/aromatic N) is 2. The van der Waals surface area contributed by atoms with E-state index in [1.807, 2.05) is 32.9 Å². The number of anilines is 2. The molecule has 0 radical (unpaired) electrons. The molecule has 0 unspecified atom stereocenters. The number of amides is 3. The van der Waals surface area contributed by atoms with Crippen LogP contribution < -0.4 is 10.2 Å². The third-order valence-electron chi connectivity index (χ3n) is 8.40. The Kier molecular flexibility index (Phi) is 4.64. The van der Waals surface area contributed by atoms with Crippen molar-refractivity contribution in [2.24, 2.45) is 11.8 Å². The van der Waals surface area contributed by atoms with Crippen molar-refractivity contribution < 1.29 is 23.9 Å². The highest BCUT2D eigenvalue weighted by Gasteiger charge is 2.75. The van der Waals surface area contributed by atoms with Crippen LogP contribution in [0.4, 0.5) is 10.7 Å². The average Bonchev–Trinajstić information content (AvgIpc) is 3.56. The van der Waals surface area contributed by atoms with Gasteiger partial charge in [0.25, 0.3) is 0 Å². The molecule has 0 aliphatic carbocycles. The Labute approximate surface area is 207 Å². The monoisotopic (exact) mass is 493 g/mol. The van der Waals surface area contributed by atoms with E-state index in [-0.39, 0.29) is 23.4 Å². The molecule has 8 nitrogen and oxygen atoms in total. The second-order valence-corrected chi connectivity index (χ2v) is 11.3. The van der Waals surface area contributed by atoms with E-state index < -0.39 is 29.3 Å². The molecule has 0 bridgehead atoms. The molecule has 4 aliphatic rings. The van der Waals surface area contributed by atoms with Crippen molar-refractivity contribution >= 4 is 45.7 Å². The molecular weight excluding hydrogens is 466 g/mol. The number of benzene rings is 1. The Balaban J connectivity index is 1.57. The van der Waals surface area contributed by atoms with Crippen LogP contribution in [-0.4, -0.2) is 48.3 Å². The van der Waals surface area contributed by atoms with Crippen molar-refractivity contribution in [2.75, 3.05) is 23.9 Å². The Hall–Kier alpha value is -3.04. The van der Waals surface area contributed by atoms with Crippen LogP contribution in [-0.2, 0) is 24.7 Å². The van der Waals surface area contributed by atoms with Crippen LogP contribution in [0.5, 0.6) is 0 Å². The quantitative estimate of drug-likeness (QED) is 0.510. The highest BCUT2D eigenvalue weighted by Crippen LogP contribution is 2.61. The zero-order valence-electron chi connectivity index (χ0n) is 20.4. The van der Waals surface area contributed by atoms with Gasteiger partial charge in [0.05, 0.1) is 24.5 Å². The fraction of sp³-hybridized carbons (Fsp3) is 0.462. The molecular formula is C26H27N3O5S. The van der Waals surface area contributed by atoms with Gasteiger partial charge in [0.15, 0.2) is 0 Å². The van der Waals surface area contributed by atoms with Gasteiger partial charge in [0, 0.05) is 22.2 Å². The lowest BCUT2D eigenvalue weighted by atomic mass is 9.75. The maximum absolute atomic E-state index is 14.3. The van der Waals surface area contributed by atoms with Crippen LogP contribution in [0.1, 0.15) is 50.3 Å². The van der Waals surface area contributed by atoms with E-state index in [2.05, 4.69) is 10.2 Å². The second-order valence-electron chi connectivity index (χ2n) is 10.1. The van der Waals surface area contributed by atoms with E-state index in [0.29, 0.717) is 17.1 Å². The minimum absolute atomic E-state index is 0.206. The average molecular weight is 494 g/mol. The largest absolute Gasteiger partial charge is 0.465 e. The number of thiophene rings is 1. The molecule has 0 saturated carbocycles. The second kappa shape index (κ2) is 7.24. The van der Waals surface area contributed by atoms with Gasteiger partial charge in [-0.1, -0.05) is 17.7 Å². The summed E-state index contributed by atoms with van der Waals surface area (Å²) in [6.45, 7) is 8.23. The van der Waals surface area contributed by atoms with Gasteiger partial charge in [0.1, 0.15) is 10.5 Å². The van der Waals surface area contributed by atoms with Gasteiger partial charge in [-0.15, -0.1) is 11.3 Å². The zero-order valence-corrected chi connectivity index (χ0v) is 21.2. The van der Waals surface area contributed by atoms with Gasteiger partial charge in [-0.05, 0) is 58.2 Å². The predicted molar refractivity (Wildman–Crippen MR) is 131 cm³/mol. The first-order valence-electron chi connectivity index (χ1n) is 11.9. The summed E-state index contributed by atoms with van der Waals surface area (Å²) in [4.78, 5) is 58.9. The van der Waals surface area contributed by atoms with Crippen molar-refractivity contribution in [1.29, 1.82) is 0 Å². The molecule has 1 aromatic carbocycles. The fourth-order valence-corrected chi connectivity index (χ4v) is 8.12. The van der Waals surface area contributed by atoms with Gasteiger partial charge in [-0.3, -0.25) is 19.3 Å². The Morgan fingerprint density at radius 1 is 1.14 bits per heavy atom. The summed E-state index contributed by atoms with van der Waals surface area (Å²) < 4.78 is 4.99. The minimum atomic E-state index is -1.23. The maximum Gasteiger partial charge on any atom is 0.341 e. The fourth-order valence-electron chi connectivity index (χ4n) is 6.97. The number of fused-ring (bicyclic) bond motifs is 7. The number of carbonyl (C=O) groups is 4. The van der Waals surface area contributed by atoms with Crippen LogP contribution >= 0.6 is 11.3 Å². The molecule has 3 amide bonds. The molecule has 3 fully saturated rings. The van der Waals surface area contributed by atoms with Crippen LogP contribution in [0.25, 0.3) is 0 Å². The zero-order chi connectivity index (χ0) is 25.0. The van der Waals surface area contributed by atoms with E-state index in [9.17, 15) is 19.2 Å². The first-order chi connectivity index (χ1) is 16.6. The number of ether oxygens (including phenoxy) is 1. The summed E-state index contributed by atoms with van der Waals surface area (Å²) in [5.41, 5.74) is 3.18. The van der Waals surface area contributed by atoms with Crippen LogP contribution in [0.2, 0.25) is 0 Å². The van der Waals surface area contributed by atoms with Gasteiger partial charge >= 0.3 is 5.97 Å². The Bertz CT molecular complexity index is 1360. The van der Waals surface area contributed by atoms with Crippen molar-refractivity contribution in [3.05, 3.63) is 44.8 Å². The lowest BCUT2D eigenvalue weighted by Gasteiger charge is -2.36. The molecule has 2 aromatic rings. The van der Waals surface area contributed by atoms with Gasteiger partial charge in [-0.25, -0.2) is 9.69 Å². The van der Waals surface area contributed by atoms with E-state index in [4.69, 9.17) is 4.74 Å². The number of carbonyl (C=O) groups excluding carboxylic acids is 4. The molecule has 5 heterocycles. The first-order valence-corrected chi connectivity index (χ1v) is 12.7. The number of hydrogen-bond acceptors (Lipinski definition) is 7. The Morgan fingerprint density at radius 2 is 1.89 bits per heavy atom. The molecule has 1 aromatic heterocycles. The summed E-state index contributed by atoms with van der Waals surface area (Å²) in [6, 6.07) is 3.79. The van der Waals surface area contributed by atoms with Crippen LogP contribution in [0, 0.1) is 39.5 Å². The first kappa shape index (κ1) is 22.4. The number of nitrogens with one attached hydrogen (secondary N) is 1. The minimum Gasteiger partial charge on any atom is -0.465 e. The van der Waals surface area contributed by atoms with Crippen molar-refractivity contribution in [1.82, 2.24) is 4.90 Å². The molecule has 3 saturated heterocycles. The van der Waals surface area contributed by atoms with Crippen LogP contribution in [0.15, 0.2) is 12.1 Å². The van der Waals surface area contributed by atoms with Crippen molar-refractivity contribution in [3.63, 3.8) is 0 Å². The van der Waals surface area contributed by atoms with Crippen LogP contribution in [0.3, 0.4) is 0 Å². The van der Waals surface area contributed by atoms with E-state index in [1.54, 1.807) is 6.92 Å². The number of aryl methyl sites for hydroxylation is 3. The summed E-state index contributed by atoms with van der Waals surface area (Å²) in [7, 11) is 1.29. The topological polar surface area (TPSA) is 96.0 Å².